The first kappa shape index (κ1) is 19.0. The van der Waals surface area contributed by atoms with Gasteiger partial charge in [-0.25, -0.2) is 0 Å². The Kier molecular flexibility index (Phi) is 6.05. The van der Waals surface area contributed by atoms with Crippen molar-refractivity contribution >= 4 is 0 Å². The summed E-state index contributed by atoms with van der Waals surface area (Å²) in [7, 11) is 7.94. The van der Waals surface area contributed by atoms with Crippen LogP contribution < -0.4 is 0 Å². The molecule has 0 aliphatic carbocycles. The van der Waals surface area contributed by atoms with E-state index in [1.807, 2.05) is 24.9 Å². The third-order valence-electron chi connectivity index (χ3n) is 5.23. The zero-order valence-electron chi connectivity index (χ0n) is 16.4. The van der Waals surface area contributed by atoms with Gasteiger partial charge < -0.3 is 9.26 Å². The van der Waals surface area contributed by atoms with E-state index in [4.69, 9.17) is 9.26 Å². The fraction of sp³-hybridized carbons (Fsp3) is 0.722. The van der Waals surface area contributed by atoms with Gasteiger partial charge in [-0.15, -0.1) is 0 Å². The van der Waals surface area contributed by atoms with Crippen LogP contribution in [0.15, 0.2) is 16.9 Å². The summed E-state index contributed by atoms with van der Waals surface area (Å²) < 4.78 is 12.5. The van der Waals surface area contributed by atoms with Crippen LogP contribution in [0.25, 0.3) is 0 Å². The molecule has 1 saturated heterocycles. The number of hydrogen-bond acceptors (Lipinski definition) is 7. The molecule has 1 aliphatic heterocycles. The minimum absolute atomic E-state index is 0.153. The van der Waals surface area contributed by atoms with Crippen molar-refractivity contribution in [2.24, 2.45) is 13.0 Å². The second kappa shape index (κ2) is 8.28. The zero-order chi connectivity index (χ0) is 18.7. The van der Waals surface area contributed by atoms with E-state index >= 15 is 0 Å². The van der Waals surface area contributed by atoms with E-state index in [1.165, 1.54) is 18.4 Å². The van der Waals surface area contributed by atoms with Crippen LogP contribution in [0.5, 0.6) is 0 Å². The standard InChI is InChI=1S/C18H30N6O2/c1-13(25-5)18-20-16(26-21-18)12-22(2)10-14-7-6-8-23(3)17(14)15-9-19-24(4)11-15/h9,11,13-14,17H,6-8,10,12H2,1-5H3/t13-,14+,17-/m1/s1. The summed E-state index contributed by atoms with van der Waals surface area (Å²) in [4.78, 5) is 9.16. The normalized spacial score (nSPS) is 22.8. The summed E-state index contributed by atoms with van der Waals surface area (Å²) in [5.41, 5.74) is 1.29. The van der Waals surface area contributed by atoms with Gasteiger partial charge in [0.05, 0.1) is 12.7 Å². The number of nitrogens with zero attached hydrogens (tertiary/aromatic N) is 6. The smallest absolute Gasteiger partial charge is 0.240 e. The van der Waals surface area contributed by atoms with Crippen molar-refractivity contribution in [3.05, 3.63) is 29.7 Å². The minimum atomic E-state index is -0.153. The first-order chi connectivity index (χ1) is 12.5. The topological polar surface area (TPSA) is 72.5 Å². The average Bonchev–Trinajstić information content (AvgIpc) is 3.23. The highest BCUT2D eigenvalue weighted by atomic mass is 16.5. The van der Waals surface area contributed by atoms with Gasteiger partial charge in [0, 0.05) is 38.5 Å². The lowest BCUT2D eigenvalue weighted by atomic mass is 9.86. The monoisotopic (exact) mass is 362 g/mol. The third kappa shape index (κ3) is 4.31. The molecule has 3 atom stereocenters. The van der Waals surface area contributed by atoms with Crippen molar-refractivity contribution in [3.8, 4) is 0 Å². The highest BCUT2D eigenvalue weighted by Gasteiger charge is 2.32. The SMILES string of the molecule is CO[C@H](C)c1noc(CN(C)C[C@@H]2CCCN(C)[C@H]2c2cnn(C)c2)n1. The molecule has 8 heteroatoms. The number of rotatable bonds is 7. The molecule has 0 bridgehead atoms. The fourth-order valence-electron chi connectivity index (χ4n) is 3.87. The molecule has 3 rings (SSSR count). The summed E-state index contributed by atoms with van der Waals surface area (Å²) in [5, 5.41) is 8.37. The highest BCUT2D eigenvalue weighted by Crippen LogP contribution is 2.35. The second-order valence-electron chi connectivity index (χ2n) is 7.40. The fourth-order valence-corrected chi connectivity index (χ4v) is 3.87. The number of aryl methyl sites for hydroxylation is 1. The Labute approximate surface area is 155 Å². The van der Waals surface area contributed by atoms with E-state index in [1.54, 1.807) is 7.11 Å². The van der Waals surface area contributed by atoms with Crippen LogP contribution >= 0.6 is 0 Å². The van der Waals surface area contributed by atoms with Crippen molar-refractivity contribution in [2.45, 2.75) is 38.5 Å². The predicted octanol–water partition coefficient (Wildman–Crippen LogP) is 2.03. The van der Waals surface area contributed by atoms with Crippen LogP contribution in [0.1, 0.15) is 49.2 Å². The molecule has 2 aromatic heterocycles. The van der Waals surface area contributed by atoms with Crippen LogP contribution in [-0.2, 0) is 18.3 Å². The molecule has 2 aromatic rings. The van der Waals surface area contributed by atoms with E-state index in [0.29, 0.717) is 30.2 Å². The summed E-state index contributed by atoms with van der Waals surface area (Å²) in [6, 6.07) is 0.395. The number of piperidine rings is 1. The van der Waals surface area contributed by atoms with Gasteiger partial charge in [0.1, 0.15) is 6.10 Å². The van der Waals surface area contributed by atoms with Gasteiger partial charge in [0.15, 0.2) is 5.82 Å². The minimum Gasteiger partial charge on any atom is -0.374 e. The highest BCUT2D eigenvalue weighted by molar-refractivity contribution is 5.13. The van der Waals surface area contributed by atoms with Gasteiger partial charge in [-0.05, 0) is 46.3 Å². The van der Waals surface area contributed by atoms with Gasteiger partial charge in [-0.3, -0.25) is 14.5 Å². The molecule has 144 valence electrons. The predicted molar refractivity (Wildman–Crippen MR) is 97.4 cm³/mol. The number of aromatic nitrogens is 4. The Morgan fingerprint density at radius 1 is 1.42 bits per heavy atom. The van der Waals surface area contributed by atoms with Gasteiger partial charge >= 0.3 is 0 Å². The first-order valence-electron chi connectivity index (χ1n) is 9.20. The maximum atomic E-state index is 5.38. The lowest BCUT2D eigenvalue weighted by Gasteiger charge is -2.40. The molecule has 26 heavy (non-hydrogen) atoms. The van der Waals surface area contributed by atoms with Crippen molar-refractivity contribution in [1.29, 1.82) is 0 Å². The van der Waals surface area contributed by atoms with Crippen LogP contribution in [0, 0.1) is 5.92 Å². The number of hydrogen-bond donors (Lipinski definition) is 0. The molecule has 0 amide bonds. The first-order valence-corrected chi connectivity index (χ1v) is 9.20. The van der Waals surface area contributed by atoms with E-state index < -0.39 is 0 Å². The van der Waals surface area contributed by atoms with Crippen molar-refractivity contribution in [2.75, 3.05) is 34.3 Å². The Bertz CT molecular complexity index is 699. The molecule has 1 aliphatic rings. The van der Waals surface area contributed by atoms with E-state index in [2.05, 4.69) is 45.3 Å². The number of ether oxygens (including phenoxy) is 1. The molecule has 8 nitrogen and oxygen atoms in total. The van der Waals surface area contributed by atoms with E-state index in [-0.39, 0.29) is 6.10 Å². The van der Waals surface area contributed by atoms with E-state index in [9.17, 15) is 0 Å². The largest absolute Gasteiger partial charge is 0.374 e. The third-order valence-corrected chi connectivity index (χ3v) is 5.23. The summed E-state index contributed by atoms with van der Waals surface area (Å²) in [5.74, 6) is 1.78. The average molecular weight is 362 g/mol. The van der Waals surface area contributed by atoms with Gasteiger partial charge in [0.25, 0.3) is 0 Å². The molecule has 3 heterocycles. The van der Waals surface area contributed by atoms with Gasteiger partial charge in [-0.2, -0.15) is 10.1 Å². The van der Waals surface area contributed by atoms with Gasteiger partial charge in [-0.1, -0.05) is 5.16 Å². The maximum absolute atomic E-state index is 5.38. The molecule has 0 spiro atoms. The molecule has 0 unspecified atom stereocenters. The van der Waals surface area contributed by atoms with Crippen molar-refractivity contribution < 1.29 is 9.26 Å². The van der Waals surface area contributed by atoms with Crippen LogP contribution in [0.3, 0.4) is 0 Å². The van der Waals surface area contributed by atoms with Crippen LogP contribution in [-0.4, -0.2) is 64.0 Å². The van der Waals surface area contributed by atoms with Crippen molar-refractivity contribution in [3.63, 3.8) is 0 Å². The lowest BCUT2D eigenvalue weighted by Crippen LogP contribution is -2.40. The quantitative estimate of drug-likeness (QED) is 0.746. The molecule has 0 saturated carbocycles. The lowest BCUT2D eigenvalue weighted by molar-refractivity contribution is 0.0895. The molecular formula is C18H30N6O2. The Hall–Kier alpha value is -1.77. The molecule has 0 N–H and O–H groups in total. The van der Waals surface area contributed by atoms with Crippen LogP contribution in [0.4, 0.5) is 0 Å². The number of likely N-dealkylation sites (tertiary alicyclic amines) is 1. The van der Waals surface area contributed by atoms with Gasteiger partial charge in [0.2, 0.25) is 5.89 Å². The number of methoxy groups -OCH3 is 1. The summed E-state index contributed by atoms with van der Waals surface area (Å²) in [6.07, 6.45) is 6.41. The maximum Gasteiger partial charge on any atom is 0.240 e. The van der Waals surface area contributed by atoms with Crippen molar-refractivity contribution in [1.82, 2.24) is 29.7 Å². The molecule has 0 radical (unpaired) electrons. The summed E-state index contributed by atoms with van der Waals surface area (Å²) >= 11 is 0. The zero-order valence-corrected chi connectivity index (χ0v) is 16.4. The second-order valence-corrected chi connectivity index (χ2v) is 7.40. The summed E-state index contributed by atoms with van der Waals surface area (Å²) in [6.45, 7) is 4.65. The molecule has 0 aromatic carbocycles. The molecule has 1 fully saturated rings. The Morgan fingerprint density at radius 3 is 2.92 bits per heavy atom. The van der Waals surface area contributed by atoms with E-state index in [0.717, 1.165) is 13.1 Å². The van der Waals surface area contributed by atoms with Crippen LogP contribution in [0.2, 0.25) is 0 Å². The Morgan fingerprint density at radius 2 is 2.23 bits per heavy atom. The Balaban J connectivity index is 1.64. The molecular weight excluding hydrogens is 332 g/mol.